The number of rotatable bonds is 4. The van der Waals surface area contributed by atoms with Crippen LogP contribution in [0, 0.1) is 5.92 Å². The molecule has 3 heteroatoms. The number of hydrogen-bond donors (Lipinski definition) is 1. The van der Waals surface area contributed by atoms with Crippen molar-refractivity contribution in [3.8, 4) is 5.75 Å². The van der Waals surface area contributed by atoms with Gasteiger partial charge in [-0.15, -0.1) is 0 Å². The largest absolute Gasteiger partial charge is 0.497 e. The fourth-order valence-electron chi connectivity index (χ4n) is 2.03. The highest BCUT2D eigenvalue weighted by molar-refractivity contribution is 5.72. The molecular weight excluding hydrogens is 202 g/mol. The summed E-state index contributed by atoms with van der Waals surface area (Å²) in [6.07, 6.45) is 1.16. The van der Waals surface area contributed by atoms with Crippen molar-refractivity contribution < 1.29 is 9.53 Å². The third-order valence-corrected chi connectivity index (χ3v) is 3.06. The Balaban J connectivity index is 1.92. The lowest BCUT2D eigenvalue weighted by molar-refractivity contribution is -0.119. The number of methoxy groups -OCH3 is 1. The van der Waals surface area contributed by atoms with Crippen molar-refractivity contribution in [3.05, 3.63) is 29.8 Å². The van der Waals surface area contributed by atoms with Gasteiger partial charge in [0, 0.05) is 13.5 Å². The summed E-state index contributed by atoms with van der Waals surface area (Å²) in [7, 11) is 1.68. The summed E-state index contributed by atoms with van der Waals surface area (Å²) in [5, 5.41) is 2.87. The van der Waals surface area contributed by atoms with Crippen LogP contribution < -0.4 is 10.1 Å². The van der Waals surface area contributed by atoms with Crippen LogP contribution in [0.25, 0.3) is 0 Å². The van der Waals surface area contributed by atoms with Gasteiger partial charge in [-0.3, -0.25) is 4.79 Å². The van der Waals surface area contributed by atoms with Gasteiger partial charge in [-0.1, -0.05) is 12.1 Å². The summed E-state index contributed by atoms with van der Waals surface area (Å²) in [5.74, 6) is 2.14. The normalized spacial score (nSPS) is 22.6. The Bertz CT molecular complexity index is 389. The second kappa shape index (κ2) is 4.56. The summed E-state index contributed by atoms with van der Waals surface area (Å²) >= 11 is 0. The lowest BCUT2D eigenvalue weighted by Gasteiger charge is -2.04. The van der Waals surface area contributed by atoms with Crippen molar-refractivity contribution in [2.45, 2.75) is 19.3 Å². The Hall–Kier alpha value is -1.51. The van der Waals surface area contributed by atoms with Crippen molar-refractivity contribution >= 4 is 5.91 Å². The Morgan fingerprint density at radius 1 is 1.56 bits per heavy atom. The lowest BCUT2D eigenvalue weighted by Crippen LogP contribution is -2.22. The van der Waals surface area contributed by atoms with Crippen molar-refractivity contribution in [2.24, 2.45) is 5.92 Å². The number of carbonyl (C=O) groups excluding carboxylic acids is 1. The van der Waals surface area contributed by atoms with E-state index in [0.29, 0.717) is 11.8 Å². The van der Waals surface area contributed by atoms with Crippen molar-refractivity contribution in [1.82, 2.24) is 5.32 Å². The monoisotopic (exact) mass is 219 g/mol. The average Bonchev–Trinajstić information content (AvgIpc) is 3.06. The van der Waals surface area contributed by atoms with Gasteiger partial charge in [0.25, 0.3) is 0 Å². The smallest absolute Gasteiger partial charge is 0.216 e. The van der Waals surface area contributed by atoms with Crippen LogP contribution in [0.4, 0.5) is 0 Å². The highest BCUT2D eigenvalue weighted by Gasteiger charge is 2.38. The molecule has 1 amide bonds. The van der Waals surface area contributed by atoms with E-state index in [9.17, 15) is 4.79 Å². The maximum absolute atomic E-state index is 10.8. The molecular formula is C13H17NO2. The molecule has 1 fully saturated rings. The van der Waals surface area contributed by atoms with Crippen LogP contribution in [0.15, 0.2) is 24.3 Å². The molecule has 0 aromatic heterocycles. The molecule has 0 saturated heterocycles. The van der Waals surface area contributed by atoms with E-state index < -0.39 is 0 Å². The lowest BCUT2D eigenvalue weighted by atomic mass is 10.1. The number of ether oxygens (including phenoxy) is 1. The molecule has 1 saturated carbocycles. The molecule has 86 valence electrons. The molecule has 0 bridgehead atoms. The second-order valence-corrected chi connectivity index (χ2v) is 4.32. The van der Waals surface area contributed by atoms with E-state index >= 15 is 0 Å². The minimum Gasteiger partial charge on any atom is -0.497 e. The molecule has 1 aromatic carbocycles. The molecule has 2 atom stereocenters. The van der Waals surface area contributed by atoms with E-state index in [0.717, 1.165) is 18.7 Å². The fraction of sp³-hybridized carbons (Fsp3) is 0.462. The number of nitrogens with one attached hydrogen (secondary N) is 1. The molecule has 0 heterocycles. The molecule has 1 aliphatic carbocycles. The Morgan fingerprint density at radius 3 is 3.06 bits per heavy atom. The number of hydrogen-bond acceptors (Lipinski definition) is 2. The van der Waals surface area contributed by atoms with E-state index in [-0.39, 0.29) is 5.91 Å². The zero-order valence-electron chi connectivity index (χ0n) is 9.69. The summed E-state index contributed by atoms with van der Waals surface area (Å²) < 4.78 is 5.20. The summed E-state index contributed by atoms with van der Waals surface area (Å²) in [6, 6.07) is 8.18. The first-order valence-electron chi connectivity index (χ1n) is 5.59. The molecule has 1 aliphatic rings. The standard InChI is InChI=1S/C13H17NO2/c1-9(15)14-8-11-7-13(11)10-4-3-5-12(6-10)16-2/h3-6,11,13H,7-8H2,1-2H3,(H,14,15). The minimum absolute atomic E-state index is 0.0521. The van der Waals surface area contributed by atoms with Crippen LogP contribution in [0.5, 0.6) is 5.75 Å². The first kappa shape index (κ1) is 11.0. The molecule has 2 rings (SSSR count). The predicted molar refractivity (Wildman–Crippen MR) is 62.5 cm³/mol. The number of carbonyl (C=O) groups is 1. The van der Waals surface area contributed by atoms with Crippen LogP contribution in [-0.2, 0) is 4.79 Å². The van der Waals surface area contributed by atoms with Crippen molar-refractivity contribution in [1.29, 1.82) is 0 Å². The fourth-order valence-corrected chi connectivity index (χ4v) is 2.03. The van der Waals surface area contributed by atoms with Crippen LogP contribution >= 0.6 is 0 Å². The predicted octanol–water partition coefficient (Wildman–Crippen LogP) is 1.93. The Labute approximate surface area is 95.8 Å². The van der Waals surface area contributed by atoms with Crippen LogP contribution in [0.1, 0.15) is 24.8 Å². The van der Waals surface area contributed by atoms with Crippen LogP contribution in [0.3, 0.4) is 0 Å². The van der Waals surface area contributed by atoms with E-state index in [1.54, 1.807) is 14.0 Å². The van der Waals surface area contributed by atoms with Crippen LogP contribution in [-0.4, -0.2) is 19.6 Å². The highest BCUT2D eigenvalue weighted by Crippen LogP contribution is 2.47. The topological polar surface area (TPSA) is 38.3 Å². The van der Waals surface area contributed by atoms with Gasteiger partial charge in [0.1, 0.15) is 5.75 Å². The van der Waals surface area contributed by atoms with E-state index in [1.165, 1.54) is 5.56 Å². The van der Waals surface area contributed by atoms with E-state index in [4.69, 9.17) is 4.74 Å². The first-order valence-corrected chi connectivity index (χ1v) is 5.59. The van der Waals surface area contributed by atoms with Gasteiger partial charge in [0.05, 0.1) is 7.11 Å². The Kier molecular flexibility index (Phi) is 3.13. The van der Waals surface area contributed by atoms with Gasteiger partial charge < -0.3 is 10.1 Å². The molecule has 0 radical (unpaired) electrons. The molecule has 1 aromatic rings. The number of benzene rings is 1. The van der Waals surface area contributed by atoms with E-state index in [1.807, 2.05) is 12.1 Å². The zero-order chi connectivity index (χ0) is 11.5. The maximum atomic E-state index is 10.8. The molecule has 0 spiro atoms. The summed E-state index contributed by atoms with van der Waals surface area (Å²) in [5.41, 5.74) is 1.31. The third-order valence-electron chi connectivity index (χ3n) is 3.06. The highest BCUT2D eigenvalue weighted by atomic mass is 16.5. The Morgan fingerprint density at radius 2 is 2.38 bits per heavy atom. The number of amides is 1. The third kappa shape index (κ3) is 2.54. The van der Waals surface area contributed by atoms with Gasteiger partial charge >= 0.3 is 0 Å². The maximum Gasteiger partial charge on any atom is 0.216 e. The van der Waals surface area contributed by atoms with Gasteiger partial charge in [0.2, 0.25) is 5.91 Å². The molecule has 1 N–H and O–H groups in total. The quantitative estimate of drug-likeness (QED) is 0.840. The summed E-state index contributed by atoms with van der Waals surface area (Å²) in [4.78, 5) is 10.8. The van der Waals surface area contributed by atoms with Gasteiger partial charge in [-0.05, 0) is 36.0 Å². The first-order chi connectivity index (χ1) is 7.70. The average molecular weight is 219 g/mol. The van der Waals surface area contributed by atoms with E-state index in [2.05, 4.69) is 17.4 Å². The SMILES string of the molecule is COc1cccc(C2CC2CNC(C)=O)c1. The molecule has 2 unspecified atom stereocenters. The second-order valence-electron chi connectivity index (χ2n) is 4.32. The minimum atomic E-state index is 0.0521. The van der Waals surface area contributed by atoms with Crippen LogP contribution in [0.2, 0.25) is 0 Å². The van der Waals surface area contributed by atoms with Gasteiger partial charge in [-0.2, -0.15) is 0 Å². The van der Waals surface area contributed by atoms with Gasteiger partial charge in [-0.25, -0.2) is 0 Å². The molecule has 16 heavy (non-hydrogen) atoms. The summed E-state index contributed by atoms with van der Waals surface area (Å²) in [6.45, 7) is 2.35. The molecule has 0 aliphatic heterocycles. The van der Waals surface area contributed by atoms with Gasteiger partial charge in [0.15, 0.2) is 0 Å². The molecule has 3 nitrogen and oxygen atoms in total. The van der Waals surface area contributed by atoms with Crippen molar-refractivity contribution in [2.75, 3.05) is 13.7 Å². The van der Waals surface area contributed by atoms with Crippen molar-refractivity contribution in [3.63, 3.8) is 0 Å². The zero-order valence-corrected chi connectivity index (χ0v) is 9.69.